The lowest BCUT2D eigenvalue weighted by molar-refractivity contribution is 0.0777. The summed E-state index contributed by atoms with van der Waals surface area (Å²) in [6, 6.07) is 20.2. The number of carbonyl (C=O) groups is 1. The van der Waals surface area contributed by atoms with Crippen molar-refractivity contribution < 1.29 is 4.79 Å². The normalized spacial score (nSPS) is 13.5. The Bertz CT molecular complexity index is 1060. The summed E-state index contributed by atoms with van der Waals surface area (Å²) in [4.78, 5) is 29.3. The summed E-state index contributed by atoms with van der Waals surface area (Å²) in [6.45, 7) is 2.59. The van der Waals surface area contributed by atoms with Crippen LogP contribution in [0.1, 0.15) is 28.9 Å². The van der Waals surface area contributed by atoms with Gasteiger partial charge in [-0.3, -0.25) is 9.59 Å². The van der Waals surface area contributed by atoms with Crippen molar-refractivity contribution in [2.45, 2.75) is 19.4 Å². The summed E-state index contributed by atoms with van der Waals surface area (Å²) in [5, 5.41) is 4.31. The minimum absolute atomic E-state index is 0.217. The molecule has 2 heterocycles. The number of carbonyl (C=O) groups excluding carboxylic acids is 1. The number of aromatic nitrogens is 2. The highest BCUT2D eigenvalue weighted by molar-refractivity contribution is 5.92. The standard InChI is InChI=1S/C23H24N4O2/c1-25(17-18-9-5-6-12-21(18)26-15-7-8-16-26)23(29)20-13-14-22(28)27(24-20)19-10-3-2-4-11-19/h2-6,9-14H,7-8,15-17H2,1H3. The van der Waals surface area contributed by atoms with E-state index >= 15 is 0 Å². The fourth-order valence-corrected chi connectivity index (χ4v) is 3.71. The zero-order chi connectivity index (χ0) is 20.2. The first-order chi connectivity index (χ1) is 14.1. The first kappa shape index (κ1) is 18.9. The molecular weight excluding hydrogens is 364 g/mol. The fraction of sp³-hybridized carbons (Fsp3) is 0.261. The van der Waals surface area contributed by atoms with Crippen molar-refractivity contribution in [2.75, 3.05) is 25.0 Å². The Morgan fingerprint density at radius 1 is 0.966 bits per heavy atom. The average Bonchev–Trinajstić information content (AvgIpc) is 3.29. The highest BCUT2D eigenvalue weighted by Crippen LogP contribution is 2.25. The molecular formula is C23H24N4O2. The van der Waals surface area contributed by atoms with Crippen LogP contribution in [0.3, 0.4) is 0 Å². The molecule has 2 aromatic carbocycles. The van der Waals surface area contributed by atoms with E-state index in [2.05, 4.69) is 22.1 Å². The fourth-order valence-electron chi connectivity index (χ4n) is 3.71. The van der Waals surface area contributed by atoms with Crippen molar-refractivity contribution >= 4 is 11.6 Å². The minimum Gasteiger partial charge on any atom is -0.371 e. The van der Waals surface area contributed by atoms with Gasteiger partial charge >= 0.3 is 0 Å². The summed E-state index contributed by atoms with van der Waals surface area (Å²) >= 11 is 0. The molecule has 6 heteroatoms. The van der Waals surface area contributed by atoms with Gasteiger partial charge < -0.3 is 9.80 Å². The summed E-state index contributed by atoms with van der Waals surface area (Å²) in [5.41, 5.74) is 2.91. The maximum atomic E-state index is 13.0. The lowest BCUT2D eigenvalue weighted by Crippen LogP contribution is -2.31. The molecule has 29 heavy (non-hydrogen) atoms. The Morgan fingerprint density at radius 2 is 1.66 bits per heavy atom. The van der Waals surface area contributed by atoms with E-state index in [1.807, 2.05) is 30.3 Å². The molecule has 148 valence electrons. The number of benzene rings is 2. The summed E-state index contributed by atoms with van der Waals surface area (Å²) in [5.74, 6) is -0.217. The van der Waals surface area contributed by atoms with Gasteiger partial charge in [-0.1, -0.05) is 36.4 Å². The molecule has 3 aromatic rings. The van der Waals surface area contributed by atoms with E-state index in [1.54, 1.807) is 24.1 Å². The smallest absolute Gasteiger partial charge is 0.274 e. The van der Waals surface area contributed by atoms with Gasteiger partial charge in [-0.25, -0.2) is 0 Å². The van der Waals surface area contributed by atoms with Crippen LogP contribution < -0.4 is 10.5 Å². The van der Waals surface area contributed by atoms with Gasteiger partial charge in [-0.05, 0) is 42.7 Å². The Morgan fingerprint density at radius 3 is 2.41 bits per heavy atom. The number of nitrogens with zero attached hydrogens (tertiary/aromatic N) is 4. The van der Waals surface area contributed by atoms with Gasteiger partial charge in [-0.2, -0.15) is 9.78 Å². The van der Waals surface area contributed by atoms with Crippen LogP contribution in [0.2, 0.25) is 0 Å². The third-order valence-electron chi connectivity index (χ3n) is 5.21. The topological polar surface area (TPSA) is 58.4 Å². The Balaban J connectivity index is 1.57. The molecule has 0 saturated carbocycles. The molecule has 0 atom stereocenters. The van der Waals surface area contributed by atoms with Crippen LogP contribution >= 0.6 is 0 Å². The van der Waals surface area contributed by atoms with Gasteiger partial charge in [0.2, 0.25) is 0 Å². The van der Waals surface area contributed by atoms with E-state index in [9.17, 15) is 9.59 Å². The van der Waals surface area contributed by atoms with Gasteiger partial charge in [-0.15, -0.1) is 0 Å². The van der Waals surface area contributed by atoms with Crippen molar-refractivity contribution in [3.05, 3.63) is 88.3 Å². The van der Waals surface area contributed by atoms with Crippen molar-refractivity contribution in [1.82, 2.24) is 14.7 Å². The molecule has 1 aliphatic rings. The van der Waals surface area contributed by atoms with Crippen LogP contribution in [0.5, 0.6) is 0 Å². The molecule has 0 aliphatic carbocycles. The first-order valence-electron chi connectivity index (χ1n) is 9.87. The van der Waals surface area contributed by atoms with Gasteiger partial charge in [0, 0.05) is 38.4 Å². The van der Waals surface area contributed by atoms with Crippen LogP contribution in [-0.4, -0.2) is 40.7 Å². The summed E-state index contributed by atoms with van der Waals surface area (Å²) in [7, 11) is 1.77. The SMILES string of the molecule is CN(Cc1ccccc1N1CCCC1)C(=O)c1ccc(=O)n(-c2ccccc2)n1. The summed E-state index contributed by atoms with van der Waals surface area (Å²) in [6.07, 6.45) is 2.40. The van der Waals surface area contributed by atoms with Gasteiger partial charge in [0.05, 0.1) is 5.69 Å². The van der Waals surface area contributed by atoms with E-state index in [-0.39, 0.29) is 17.2 Å². The van der Waals surface area contributed by atoms with Crippen molar-refractivity contribution in [3.63, 3.8) is 0 Å². The van der Waals surface area contributed by atoms with Crippen LogP contribution in [0.4, 0.5) is 5.69 Å². The second-order valence-corrected chi connectivity index (χ2v) is 7.29. The van der Waals surface area contributed by atoms with Gasteiger partial charge in [0.25, 0.3) is 11.5 Å². The monoisotopic (exact) mass is 388 g/mol. The van der Waals surface area contributed by atoms with E-state index < -0.39 is 0 Å². The maximum Gasteiger partial charge on any atom is 0.274 e. The lowest BCUT2D eigenvalue weighted by Gasteiger charge is -2.24. The van der Waals surface area contributed by atoms with Crippen LogP contribution in [0.15, 0.2) is 71.5 Å². The number of hydrogen-bond acceptors (Lipinski definition) is 4. The zero-order valence-corrected chi connectivity index (χ0v) is 16.5. The molecule has 0 radical (unpaired) electrons. The predicted octanol–water partition coefficient (Wildman–Crippen LogP) is 3.10. The molecule has 0 spiro atoms. The van der Waals surface area contributed by atoms with Crippen LogP contribution in [0.25, 0.3) is 5.69 Å². The minimum atomic E-state index is -0.269. The van der Waals surface area contributed by atoms with Gasteiger partial charge in [0.1, 0.15) is 5.69 Å². The third-order valence-corrected chi connectivity index (χ3v) is 5.21. The molecule has 6 nitrogen and oxygen atoms in total. The largest absolute Gasteiger partial charge is 0.371 e. The van der Waals surface area contributed by atoms with Gasteiger partial charge in [0.15, 0.2) is 0 Å². The molecule has 0 N–H and O–H groups in total. The number of anilines is 1. The quantitative estimate of drug-likeness (QED) is 0.674. The molecule has 4 rings (SSSR count). The van der Waals surface area contributed by atoms with Crippen molar-refractivity contribution in [2.24, 2.45) is 0 Å². The second-order valence-electron chi connectivity index (χ2n) is 7.29. The number of hydrogen-bond donors (Lipinski definition) is 0. The molecule has 1 aliphatic heterocycles. The molecule has 1 aromatic heterocycles. The Kier molecular flexibility index (Phi) is 5.42. The highest BCUT2D eigenvalue weighted by Gasteiger charge is 2.19. The zero-order valence-electron chi connectivity index (χ0n) is 16.5. The predicted molar refractivity (Wildman–Crippen MR) is 114 cm³/mol. The second kappa shape index (κ2) is 8.31. The van der Waals surface area contributed by atoms with E-state index in [0.717, 1.165) is 18.7 Å². The highest BCUT2D eigenvalue weighted by atomic mass is 16.2. The van der Waals surface area contributed by atoms with E-state index in [1.165, 1.54) is 35.3 Å². The van der Waals surface area contributed by atoms with E-state index in [0.29, 0.717) is 12.2 Å². The van der Waals surface area contributed by atoms with Crippen LogP contribution in [-0.2, 0) is 6.54 Å². The van der Waals surface area contributed by atoms with Crippen LogP contribution in [0, 0.1) is 0 Å². The molecule has 1 saturated heterocycles. The average molecular weight is 388 g/mol. The molecule has 0 bridgehead atoms. The Labute approximate surface area is 170 Å². The maximum absolute atomic E-state index is 13.0. The third kappa shape index (κ3) is 4.06. The Hall–Kier alpha value is -3.41. The van der Waals surface area contributed by atoms with Crippen molar-refractivity contribution in [1.29, 1.82) is 0 Å². The number of para-hydroxylation sites is 2. The molecule has 1 amide bonds. The molecule has 0 unspecified atom stereocenters. The summed E-state index contributed by atoms with van der Waals surface area (Å²) < 4.78 is 1.26. The van der Waals surface area contributed by atoms with E-state index in [4.69, 9.17) is 0 Å². The first-order valence-corrected chi connectivity index (χ1v) is 9.87. The van der Waals surface area contributed by atoms with Crippen molar-refractivity contribution in [3.8, 4) is 5.69 Å². The number of amides is 1. The number of rotatable bonds is 5. The lowest BCUT2D eigenvalue weighted by atomic mass is 10.1. The molecule has 1 fully saturated rings.